The fourth-order valence-electron chi connectivity index (χ4n) is 3.42. The van der Waals surface area contributed by atoms with Crippen molar-refractivity contribution in [1.29, 1.82) is 0 Å². The number of hydrogen-bond acceptors (Lipinski definition) is 5. The zero-order chi connectivity index (χ0) is 23.9. The Morgan fingerprint density at radius 3 is 2.22 bits per heavy atom. The second-order valence-corrected chi connectivity index (χ2v) is 9.36. The summed E-state index contributed by atoms with van der Waals surface area (Å²) in [4.78, 5) is 27.4. The molecule has 0 saturated heterocycles. The van der Waals surface area contributed by atoms with Crippen molar-refractivity contribution in [3.8, 4) is 5.75 Å². The first-order valence-electron chi connectivity index (χ1n) is 10.3. The van der Waals surface area contributed by atoms with Crippen molar-refractivity contribution < 1.29 is 22.7 Å². The number of amides is 2. The molecule has 0 radical (unpaired) electrons. The quantitative estimate of drug-likeness (QED) is 0.586. The van der Waals surface area contributed by atoms with Crippen molar-refractivity contribution in [2.45, 2.75) is 32.9 Å². The van der Waals surface area contributed by atoms with Crippen molar-refractivity contribution >= 4 is 27.5 Å². The van der Waals surface area contributed by atoms with E-state index in [9.17, 15) is 18.0 Å². The van der Waals surface area contributed by atoms with E-state index in [1.54, 1.807) is 24.3 Å². The third-order valence-corrected chi connectivity index (χ3v) is 6.41. The SMILES string of the molecule is CC[C@H](C(=O)NC)N(Cc1ccccc1C)C(=O)CN(c1ccc(OC)cc1)S(C)(=O)=O. The van der Waals surface area contributed by atoms with Crippen LogP contribution >= 0.6 is 0 Å². The molecule has 0 fully saturated rings. The van der Waals surface area contributed by atoms with Gasteiger partial charge in [0.2, 0.25) is 21.8 Å². The smallest absolute Gasteiger partial charge is 0.244 e. The van der Waals surface area contributed by atoms with E-state index in [1.165, 1.54) is 19.1 Å². The van der Waals surface area contributed by atoms with Crippen LogP contribution in [0.1, 0.15) is 24.5 Å². The van der Waals surface area contributed by atoms with Crippen molar-refractivity contribution in [2.75, 3.05) is 31.3 Å². The van der Waals surface area contributed by atoms with Gasteiger partial charge in [-0.3, -0.25) is 13.9 Å². The van der Waals surface area contributed by atoms with E-state index < -0.39 is 28.5 Å². The predicted molar refractivity (Wildman–Crippen MR) is 125 cm³/mol. The molecule has 2 aromatic rings. The van der Waals surface area contributed by atoms with Crippen LogP contribution in [0, 0.1) is 6.92 Å². The molecule has 8 nitrogen and oxygen atoms in total. The molecule has 0 bridgehead atoms. The Hall–Kier alpha value is -3.07. The van der Waals surface area contributed by atoms with Gasteiger partial charge < -0.3 is 15.0 Å². The molecule has 32 heavy (non-hydrogen) atoms. The number of anilines is 1. The van der Waals surface area contributed by atoms with Gasteiger partial charge in [0.15, 0.2) is 0 Å². The van der Waals surface area contributed by atoms with Crippen LogP contribution in [0.4, 0.5) is 5.69 Å². The van der Waals surface area contributed by atoms with Crippen LogP contribution in [0.2, 0.25) is 0 Å². The van der Waals surface area contributed by atoms with E-state index in [1.807, 2.05) is 38.1 Å². The molecule has 2 amide bonds. The van der Waals surface area contributed by atoms with E-state index in [0.29, 0.717) is 17.9 Å². The van der Waals surface area contributed by atoms with E-state index in [0.717, 1.165) is 21.7 Å². The minimum atomic E-state index is -3.76. The number of hydrogen-bond donors (Lipinski definition) is 1. The maximum Gasteiger partial charge on any atom is 0.244 e. The van der Waals surface area contributed by atoms with Crippen LogP contribution in [0.3, 0.4) is 0 Å². The lowest BCUT2D eigenvalue weighted by Crippen LogP contribution is -2.51. The summed E-state index contributed by atoms with van der Waals surface area (Å²) in [5.74, 6) is -0.199. The molecular formula is C23H31N3O5S. The highest BCUT2D eigenvalue weighted by Gasteiger charge is 2.31. The molecule has 0 spiro atoms. The lowest BCUT2D eigenvalue weighted by molar-refractivity contribution is -0.140. The number of carbonyl (C=O) groups excluding carboxylic acids is 2. The van der Waals surface area contributed by atoms with Gasteiger partial charge in [0.1, 0.15) is 18.3 Å². The van der Waals surface area contributed by atoms with Crippen LogP contribution in [0.25, 0.3) is 0 Å². The third kappa shape index (κ3) is 6.23. The second-order valence-electron chi connectivity index (χ2n) is 7.45. The van der Waals surface area contributed by atoms with Gasteiger partial charge in [-0.05, 0) is 48.7 Å². The summed E-state index contributed by atoms with van der Waals surface area (Å²) in [6.07, 6.45) is 1.44. The molecule has 2 rings (SSSR count). The summed E-state index contributed by atoms with van der Waals surface area (Å²) in [6, 6.07) is 13.3. The van der Waals surface area contributed by atoms with Gasteiger partial charge in [-0.2, -0.15) is 0 Å². The zero-order valence-corrected chi connectivity index (χ0v) is 20.0. The molecule has 2 aromatic carbocycles. The topological polar surface area (TPSA) is 96.0 Å². The monoisotopic (exact) mass is 461 g/mol. The molecule has 0 aliphatic rings. The lowest BCUT2D eigenvalue weighted by atomic mass is 10.1. The standard InChI is InChI=1S/C23H31N3O5S/c1-6-21(23(28)24-3)25(15-18-10-8-7-9-17(18)2)22(27)16-26(32(5,29)30)19-11-13-20(31-4)14-12-19/h7-14,21H,6,15-16H2,1-5H3,(H,24,28)/t21-/m1/s1. The van der Waals surface area contributed by atoms with Crippen LogP contribution in [-0.2, 0) is 26.2 Å². The number of likely N-dealkylation sites (N-methyl/N-ethyl adjacent to an activating group) is 1. The Balaban J connectivity index is 2.42. The number of ether oxygens (including phenoxy) is 1. The number of benzene rings is 2. The van der Waals surface area contributed by atoms with Crippen LogP contribution in [-0.4, -0.2) is 58.1 Å². The first kappa shape index (κ1) is 25.2. The number of sulfonamides is 1. The van der Waals surface area contributed by atoms with E-state index in [4.69, 9.17) is 4.74 Å². The molecule has 0 heterocycles. The number of nitrogens with one attached hydrogen (secondary N) is 1. The molecule has 0 unspecified atom stereocenters. The van der Waals surface area contributed by atoms with Crippen molar-refractivity contribution in [1.82, 2.24) is 10.2 Å². The summed E-state index contributed by atoms with van der Waals surface area (Å²) in [5.41, 5.74) is 2.20. The Labute approximate surface area is 190 Å². The summed E-state index contributed by atoms with van der Waals surface area (Å²) in [6.45, 7) is 3.51. The average molecular weight is 462 g/mol. The molecule has 0 aromatic heterocycles. The van der Waals surface area contributed by atoms with E-state index in [-0.39, 0.29) is 12.5 Å². The molecule has 174 valence electrons. The molecule has 0 aliphatic carbocycles. The molecule has 9 heteroatoms. The second kappa shape index (κ2) is 11.0. The minimum Gasteiger partial charge on any atom is -0.497 e. The normalized spacial score (nSPS) is 12.0. The minimum absolute atomic E-state index is 0.192. The van der Waals surface area contributed by atoms with Crippen molar-refractivity contribution in [2.24, 2.45) is 0 Å². The van der Waals surface area contributed by atoms with Crippen LogP contribution < -0.4 is 14.4 Å². The van der Waals surface area contributed by atoms with Gasteiger partial charge in [0.25, 0.3) is 0 Å². The molecule has 0 saturated carbocycles. The van der Waals surface area contributed by atoms with Gasteiger partial charge in [-0.25, -0.2) is 8.42 Å². The number of nitrogens with zero attached hydrogens (tertiary/aromatic N) is 2. The van der Waals surface area contributed by atoms with Crippen LogP contribution in [0.15, 0.2) is 48.5 Å². The Bertz CT molecular complexity index is 1040. The highest BCUT2D eigenvalue weighted by molar-refractivity contribution is 7.92. The summed E-state index contributed by atoms with van der Waals surface area (Å²) in [7, 11) is -0.732. The Kier molecular flexibility index (Phi) is 8.65. The molecule has 0 aliphatic heterocycles. The van der Waals surface area contributed by atoms with Crippen LogP contribution in [0.5, 0.6) is 5.75 Å². The summed E-state index contributed by atoms with van der Waals surface area (Å²) >= 11 is 0. The van der Waals surface area contributed by atoms with Crippen molar-refractivity contribution in [3.05, 3.63) is 59.7 Å². The maximum absolute atomic E-state index is 13.4. The summed E-state index contributed by atoms with van der Waals surface area (Å²) in [5, 5.41) is 2.60. The van der Waals surface area contributed by atoms with Gasteiger partial charge in [0, 0.05) is 13.6 Å². The van der Waals surface area contributed by atoms with E-state index in [2.05, 4.69) is 5.32 Å². The predicted octanol–water partition coefficient (Wildman–Crippen LogP) is 2.32. The number of methoxy groups -OCH3 is 1. The highest BCUT2D eigenvalue weighted by atomic mass is 32.2. The van der Waals surface area contributed by atoms with Gasteiger partial charge in [0.05, 0.1) is 19.1 Å². The first-order valence-corrected chi connectivity index (χ1v) is 12.1. The number of carbonyl (C=O) groups is 2. The van der Waals surface area contributed by atoms with Crippen molar-refractivity contribution in [3.63, 3.8) is 0 Å². The summed E-state index contributed by atoms with van der Waals surface area (Å²) < 4.78 is 31.2. The molecular weight excluding hydrogens is 430 g/mol. The number of aryl methyl sites for hydroxylation is 1. The largest absolute Gasteiger partial charge is 0.497 e. The first-order chi connectivity index (χ1) is 15.1. The van der Waals surface area contributed by atoms with E-state index >= 15 is 0 Å². The number of rotatable bonds is 10. The Morgan fingerprint density at radius 1 is 1.09 bits per heavy atom. The van der Waals surface area contributed by atoms with Gasteiger partial charge in [-0.1, -0.05) is 31.2 Å². The lowest BCUT2D eigenvalue weighted by Gasteiger charge is -2.33. The third-order valence-electron chi connectivity index (χ3n) is 5.27. The maximum atomic E-state index is 13.4. The Morgan fingerprint density at radius 2 is 1.72 bits per heavy atom. The fourth-order valence-corrected chi connectivity index (χ4v) is 4.27. The average Bonchev–Trinajstić information content (AvgIpc) is 2.77. The van der Waals surface area contributed by atoms with Gasteiger partial charge >= 0.3 is 0 Å². The molecule has 1 atom stereocenters. The molecule has 1 N–H and O–H groups in total. The highest BCUT2D eigenvalue weighted by Crippen LogP contribution is 2.23. The zero-order valence-electron chi connectivity index (χ0n) is 19.2. The fraction of sp³-hybridized carbons (Fsp3) is 0.391. The van der Waals surface area contributed by atoms with Gasteiger partial charge in [-0.15, -0.1) is 0 Å².